The van der Waals surface area contributed by atoms with E-state index in [1.54, 1.807) is 13.3 Å². The molecule has 0 amide bonds. The van der Waals surface area contributed by atoms with Crippen LogP contribution < -0.4 is 4.74 Å². The molecular formula is C15H15ClN2O2. The van der Waals surface area contributed by atoms with Gasteiger partial charge in [-0.25, -0.2) is 0 Å². The Labute approximate surface area is 122 Å². The lowest BCUT2D eigenvalue weighted by atomic mass is 10.1. The minimum Gasteiger partial charge on any atom is -0.495 e. The molecule has 0 spiro atoms. The van der Waals surface area contributed by atoms with E-state index in [2.05, 4.69) is 16.9 Å². The molecule has 1 heterocycles. The maximum Gasteiger partial charge on any atom is 0.134 e. The van der Waals surface area contributed by atoms with Crippen molar-refractivity contribution in [1.29, 1.82) is 0 Å². The Balaban J connectivity index is 2.31. The lowest BCUT2D eigenvalue weighted by Gasteiger charge is -2.08. The molecule has 0 unspecified atom stereocenters. The molecular weight excluding hydrogens is 276 g/mol. The molecule has 20 heavy (non-hydrogen) atoms. The molecule has 0 atom stereocenters. The van der Waals surface area contributed by atoms with Crippen LogP contribution >= 0.6 is 11.6 Å². The molecule has 104 valence electrons. The molecule has 5 heteroatoms. The molecule has 0 radical (unpaired) electrons. The van der Waals surface area contributed by atoms with Gasteiger partial charge in [0.25, 0.3) is 0 Å². The van der Waals surface area contributed by atoms with Crippen LogP contribution in [0, 0.1) is 18.8 Å². The van der Waals surface area contributed by atoms with Crippen molar-refractivity contribution in [3.8, 4) is 17.6 Å². The van der Waals surface area contributed by atoms with E-state index in [0.717, 1.165) is 16.8 Å². The maximum absolute atomic E-state index is 8.79. The van der Waals surface area contributed by atoms with Gasteiger partial charge in [-0.3, -0.25) is 4.68 Å². The van der Waals surface area contributed by atoms with Crippen LogP contribution in [0.3, 0.4) is 0 Å². The summed E-state index contributed by atoms with van der Waals surface area (Å²) in [6, 6.07) is 5.74. The van der Waals surface area contributed by atoms with Crippen molar-refractivity contribution in [2.75, 3.05) is 13.7 Å². The number of nitrogens with zero attached hydrogens (tertiary/aromatic N) is 2. The minimum atomic E-state index is -0.179. The van der Waals surface area contributed by atoms with Crippen LogP contribution in [0.5, 0.6) is 5.75 Å². The molecule has 2 aromatic rings. The van der Waals surface area contributed by atoms with Gasteiger partial charge in [0, 0.05) is 0 Å². The van der Waals surface area contributed by atoms with Crippen LogP contribution in [0.2, 0.25) is 5.02 Å². The zero-order valence-corrected chi connectivity index (χ0v) is 12.1. The van der Waals surface area contributed by atoms with E-state index in [1.165, 1.54) is 0 Å². The summed E-state index contributed by atoms with van der Waals surface area (Å²) in [7, 11) is 1.59. The number of aliphatic hydroxyl groups excluding tert-OH is 1. The fourth-order valence-corrected chi connectivity index (χ4v) is 1.98. The van der Waals surface area contributed by atoms with Crippen molar-refractivity contribution in [1.82, 2.24) is 9.78 Å². The first kappa shape index (κ1) is 14.4. The van der Waals surface area contributed by atoms with Gasteiger partial charge in [0.05, 0.1) is 36.1 Å². The first-order chi connectivity index (χ1) is 9.65. The second kappa shape index (κ2) is 6.47. The molecule has 0 saturated heterocycles. The molecule has 1 aromatic carbocycles. The number of benzene rings is 1. The van der Waals surface area contributed by atoms with Gasteiger partial charge in [-0.15, -0.1) is 0 Å². The van der Waals surface area contributed by atoms with Gasteiger partial charge in [-0.05, 0) is 24.6 Å². The summed E-state index contributed by atoms with van der Waals surface area (Å²) in [5.41, 5.74) is 2.70. The van der Waals surface area contributed by atoms with E-state index in [0.29, 0.717) is 17.3 Å². The fourth-order valence-electron chi connectivity index (χ4n) is 1.84. The summed E-state index contributed by atoms with van der Waals surface area (Å²) in [5.74, 6) is 6.19. The number of methoxy groups -OCH3 is 1. The lowest BCUT2D eigenvalue weighted by Crippen LogP contribution is -2.04. The summed E-state index contributed by atoms with van der Waals surface area (Å²) in [6.45, 7) is 2.35. The largest absolute Gasteiger partial charge is 0.495 e. The second-order valence-corrected chi connectivity index (χ2v) is 4.64. The van der Waals surface area contributed by atoms with E-state index in [-0.39, 0.29) is 6.61 Å². The average molecular weight is 291 g/mol. The monoisotopic (exact) mass is 290 g/mol. The summed E-state index contributed by atoms with van der Waals surface area (Å²) in [6.07, 6.45) is 1.63. The van der Waals surface area contributed by atoms with Crippen LogP contribution in [-0.4, -0.2) is 28.6 Å². The molecule has 0 saturated carbocycles. The number of aromatic nitrogens is 2. The number of ether oxygens (including phenoxy) is 1. The van der Waals surface area contributed by atoms with Crippen molar-refractivity contribution >= 4 is 11.6 Å². The summed E-state index contributed by atoms with van der Waals surface area (Å²) in [4.78, 5) is 0. The van der Waals surface area contributed by atoms with Gasteiger partial charge in [0.15, 0.2) is 0 Å². The van der Waals surface area contributed by atoms with Crippen molar-refractivity contribution < 1.29 is 9.84 Å². The van der Waals surface area contributed by atoms with Crippen molar-refractivity contribution in [3.63, 3.8) is 0 Å². The molecule has 0 aliphatic heterocycles. The van der Waals surface area contributed by atoms with Crippen LogP contribution in [-0.2, 0) is 6.54 Å². The number of aliphatic hydroxyl groups is 1. The predicted octanol–water partition coefficient (Wildman–Crippen LogP) is 2.25. The molecule has 0 bridgehead atoms. The third kappa shape index (κ3) is 3.13. The highest BCUT2D eigenvalue weighted by atomic mass is 35.5. The van der Waals surface area contributed by atoms with Crippen LogP contribution in [0.1, 0.15) is 16.8 Å². The van der Waals surface area contributed by atoms with Crippen molar-refractivity contribution in [2.24, 2.45) is 0 Å². The summed E-state index contributed by atoms with van der Waals surface area (Å²) in [5, 5.41) is 13.7. The lowest BCUT2D eigenvalue weighted by molar-refractivity contribution is 0.350. The average Bonchev–Trinajstić information content (AvgIpc) is 2.77. The SMILES string of the molecule is COc1ccc(Cn2ncc(Cl)c2C)cc1C#CCO. The van der Waals surface area contributed by atoms with Crippen LogP contribution in [0.15, 0.2) is 24.4 Å². The van der Waals surface area contributed by atoms with Gasteiger partial charge < -0.3 is 9.84 Å². The first-order valence-electron chi connectivity index (χ1n) is 6.10. The zero-order valence-electron chi connectivity index (χ0n) is 11.4. The van der Waals surface area contributed by atoms with E-state index in [4.69, 9.17) is 21.4 Å². The fraction of sp³-hybridized carbons (Fsp3) is 0.267. The van der Waals surface area contributed by atoms with E-state index in [1.807, 2.05) is 29.8 Å². The highest BCUT2D eigenvalue weighted by Gasteiger charge is 2.07. The number of hydrogen-bond donors (Lipinski definition) is 1. The van der Waals surface area contributed by atoms with Crippen molar-refractivity contribution in [3.05, 3.63) is 46.2 Å². The third-order valence-corrected chi connectivity index (χ3v) is 3.31. The molecule has 1 aromatic heterocycles. The quantitative estimate of drug-likeness (QED) is 0.882. The van der Waals surface area contributed by atoms with Crippen LogP contribution in [0.25, 0.3) is 0 Å². The normalized spacial score (nSPS) is 10.0. The Morgan fingerprint density at radius 3 is 2.85 bits per heavy atom. The van der Waals surface area contributed by atoms with Crippen molar-refractivity contribution in [2.45, 2.75) is 13.5 Å². The van der Waals surface area contributed by atoms with E-state index >= 15 is 0 Å². The molecule has 0 aliphatic carbocycles. The smallest absolute Gasteiger partial charge is 0.134 e. The zero-order chi connectivity index (χ0) is 14.5. The number of hydrogen-bond acceptors (Lipinski definition) is 3. The first-order valence-corrected chi connectivity index (χ1v) is 6.48. The Morgan fingerprint density at radius 1 is 1.45 bits per heavy atom. The summed E-state index contributed by atoms with van der Waals surface area (Å²) >= 11 is 5.99. The third-order valence-electron chi connectivity index (χ3n) is 2.94. The Bertz CT molecular complexity index is 668. The standard InChI is InChI=1S/C15H15ClN2O2/c1-11-14(16)9-17-18(11)10-12-5-6-15(20-2)13(8-12)4-3-7-19/h5-6,8-9,19H,7,10H2,1-2H3. The highest BCUT2D eigenvalue weighted by molar-refractivity contribution is 6.31. The number of rotatable bonds is 3. The molecule has 0 fully saturated rings. The minimum absolute atomic E-state index is 0.179. The Kier molecular flexibility index (Phi) is 4.67. The molecule has 4 nitrogen and oxygen atoms in total. The van der Waals surface area contributed by atoms with Gasteiger partial charge in [0.2, 0.25) is 0 Å². The highest BCUT2D eigenvalue weighted by Crippen LogP contribution is 2.21. The Hall–Kier alpha value is -1.96. The van der Waals surface area contributed by atoms with E-state index in [9.17, 15) is 0 Å². The maximum atomic E-state index is 8.79. The van der Waals surface area contributed by atoms with Gasteiger partial charge in [0.1, 0.15) is 12.4 Å². The number of halogens is 1. The van der Waals surface area contributed by atoms with E-state index < -0.39 is 0 Å². The summed E-state index contributed by atoms with van der Waals surface area (Å²) < 4.78 is 7.07. The Morgan fingerprint density at radius 2 is 2.25 bits per heavy atom. The predicted molar refractivity (Wildman–Crippen MR) is 78.0 cm³/mol. The topological polar surface area (TPSA) is 47.3 Å². The van der Waals surface area contributed by atoms with Crippen LogP contribution in [0.4, 0.5) is 0 Å². The second-order valence-electron chi connectivity index (χ2n) is 4.23. The molecule has 1 N–H and O–H groups in total. The molecule has 0 aliphatic rings. The van der Waals surface area contributed by atoms with Gasteiger partial charge in [-0.2, -0.15) is 5.10 Å². The van der Waals surface area contributed by atoms with Gasteiger partial charge >= 0.3 is 0 Å². The van der Waals surface area contributed by atoms with Gasteiger partial charge in [-0.1, -0.05) is 29.5 Å². The molecule has 2 rings (SSSR count).